The van der Waals surface area contributed by atoms with Gasteiger partial charge in [-0.05, 0) is 91.4 Å². The summed E-state index contributed by atoms with van der Waals surface area (Å²) in [5.41, 5.74) is 3.43. The molecule has 2 heterocycles. The number of carbonyl (C=O) groups excluding carboxylic acids is 1. The van der Waals surface area contributed by atoms with Crippen molar-refractivity contribution in [1.82, 2.24) is 10.2 Å². The van der Waals surface area contributed by atoms with E-state index in [1.165, 1.54) is 17.7 Å². The normalized spacial score (nSPS) is 15.6. The van der Waals surface area contributed by atoms with Gasteiger partial charge in [-0.2, -0.15) is 11.3 Å². The van der Waals surface area contributed by atoms with Gasteiger partial charge in [-0.3, -0.25) is 4.79 Å². The standard InChI is InChI=1S/C29H33ClF3N3O2S/c1-20-4-3-5-26(30)27(20)28(37)34-14-10-21(2)35-15-11-24(12-16-35)36(18-22-13-17-39-19-22)23-6-8-25(9-7-23)38-29(31,32)33/h3-9,13,17,19,21,24H,10-12,14-16,18H2,1-2H3,(H,34,37). The first-order valence-electron chi connectivity index (χ1n) is 13.0. The van der Waals surface area contributed by atoms with Crippen LogP contribution in [0.5, 0.6) is 5.75 Å². The Balaban J connectivity index is 1.32. The summed E-state index contributed by atoms with van der Waals surface area (Å²) in [6.07, 6.45) is -2.03. The molecule has 210 valence electrons. The van der Waals surface area contributed by atoms with E-state index in [0.29, 0.717) is 29.7 Å². The summed E-state index contributed by atoms with van der Waals surface area (Å²) in [5, 5.41) is 7.59. The largest absolute Gasteiger partial charge is 0.573 e. The minimum absolute atomic E-state index is 0.153. The van der Waals surface area contributed by atoms with Gasteiger partial charge in [0.2, 0.25) is 0 Å². The maximum Gasteiger partial charge on any atom is 0.573 e. The van der Waals surface area contributed by atoms with Gasteiger partial charge >= 0.3 is 6.36 Å². The zero-order valence-electron chi connectivity index (χ0n) is 22.0. The fourth-order valence-corrected chi connectivity index (χ4v) is 6.04. The molecule has 1 aromatic heterocycles. The Labute approximate surface area is 236 Å². The van der Waals surface area contributed by atoms with E-state index in [2.05, 4.69) is 38.2 Å². The lowest BCUT2D eigenvalue weighted by Crippen LogP contribution is -2.48. The van der Waals surface area contributed by atoms with Gasteiger partial charge in [0.1, 0.15) is 5.75 Å². The van der Waals surface area contributed by atoms with Crippen molar-refractivity contribution >= 4 is 34.5 Å². The Morgan fingerprint density at radius 3 is 2.51 bits per heavy atom. The first-order valence-corrected chi connectivity index (χ1v) is 14.3. The first-order chi connectivity index (χ1) is 18.6. The van der Waals surface area contributed by atoms with Crippen LogP contribution in [0, 0.1) is 6.92 Å². The van der Waals surface area contributed by atoms with Gasteiger partial charge in [0.25, 0.3) is 5.91 Å². The molecule has 1 N–H and O–H groups in total. The Bertz CT molecular complexity index is 1190. The lowest BCUT2D eigenvalue weighted by Gasteiger charge is -2.42. The second-order valence-electron chi connectivity index (χ2n) is 9.89. The van der Waals surface area contributed by atoms with E-state index in [1.807, 2.05) is 24.4 Å². The lowest BCUT2D eigenvalue weighted by molar-refractivity contribution is -0.274. The number of carbonyl (C=O) groups is 1. The molecule has 0 spiro atoms. The zero-order chi connectivity index (χ0) is 28.0. The molecule has 0 bridgehead atoms. The Hall–Kier alpha value is -2.75. The van der Waals surface area contributed by atoms with Crippen LogP contribution in [0.3, 0.4) is 0 Å². The van der Waals surface area contributed by atoms with Gasteiger partial charge in [-0.25, -0.2) is 0 Å². The van der Waals surface area contributed by atoms with Gasteiger partial charge in [-0.1, -0.05) is 23.7 Å². The van der Waals surface area contributed by atoms with Crippen molar-refractivity contribution in [2.45, 2.75) is 58.1 Å². The van der Waals surface area contributed by atoms with E-state index < -0.39 is 6.36 Å². The SMILES string of the molecule is Cc1cccc(Cl)c1C(=O)NCCC(C)N1CCC(N(Cc2ccsc2)c2ccc(OC(F)(F)F)cc2)CC1. The minimum atomic E-state index is -4.71. The van der Waals surface area contributed by atoms with Crippen molar-refractivity contribution in [3.8, 4) is 5.75 Å². The van der Waals surface area contributed by atoms with E-state index in [1.54, 1.807) is 29.5 Å². The van der Waals surface area contributed by atoms with Crippen LogP contribution in [0.1, 0.15) is 47.7 Å². The van der Waals surface area contributed by atoms with Crippen LogP contribution in [-0.2, 0) is 6.54 Å². The van der Waals surface area contributed by atoms with Crippen LogP contribution in [0.2, 0.25) is 5.02 Å². The average molecular weight is 580 g/mol. The molecule has 1 saturated heterocycles. The molecular weight excluding hydrogens is 547 g/mol. The molecule has 0 saturated carbocycles. The van der Waals surface area contributed by atoms with Gasteiger partial charge in [0, 0.05) is 44.0 Å². The summed E-state index contributed by atoms with van der Waals surface area (Å²) >= 11 is 7.85. The highest BCUT2D eigenvalue weighted by Crippen LogP contribution is 2.30. The molecule has 3 aromatic rings. The van der Waals surface area contributed by atoms with Crippen molar-refractivity contribution < 1.29 is 22.7 Å². The lowest BCUT2D eigenvalue weighted by atomic mass is 9.99. The summed E-state index contributed by atoms with van der Waals surface area (Å²) in [7, 11) is 0. The van der Waals surface area contributed by atoms with E-state index in [-0.39, 0.29) is 17.7 Å². The molecule has 0 aliphatic carbocycles. The number of likely N-dealkylation sites (tertiary alicyclic amines) is 1. The minimum Gasteiger partial charge on any atom is -0.406 e. The third-order valence-corrected chi connectivity index (χ3v) is 8.24. The molecule has 5 nitrogen and oxygen atoms in total. The van der Waals surface area contributed by atoms with Crippen LogP contribution in [0.15, 0.2) is 59.3 Å². The average Bonchev–Trinajstić information content (AvgIpc) is 3.40. The number of ether oxygens (including phenoxy) is 1. The third-order valence-electron chi connectivity index (χ3n) is 7.19. The van der Waals surface area contributed by atoms with Crippen LogP contribution in [0.4, 0.5) is 18.9 Å². The molecule has 1 amide bonds. The molecule has 1 unspecified atom stereocenters. The zero-order valence-corrected chi connectivity index (χ0v) is 23.6. The number of thiophene rings is 1. The second-order valence-corrected chi connectivity index (χ2v) is 11.1. The number of halogens is 4. The molecule has 4 rings (SSSR count). The van der Waals surface area contributed by atoms with Crippen molar-refractivity contribution in [3.05, 3.63) is 81.0 Å². The summed E-state index contributed by atoms with van der Waals surface area (Å²) < 4.78 is 41.9. The van der Waals surface area contributed by atoms with Crippen molar-refractivity contribution in [1.29, 1.82) is 0 Å². The van der Waals surface area contributed by atoms with E-state index in [9.17, 15) is 18.0 Å². The molecule has 1 aliphatic heterocycles. The molecule has 10 heteroatoms. The highest BCUT2D eigenvalue weighted by molar-refractivity contribution is 7.07. The van der Waals surface area contributed by atoms with Crippen molar-refractivity contribution in [2.75, 3.05) is 24.5 Å². The maximum absolute atomic E-state index is 12.6. The fourth-order valence-electron chi connectivity index (χ4n) is 5.07. The molecule has 1 aliphatic rings. The van der Waals surface area contributed by atoms with E-state index in [4.69, 9.17) is 11.6 Å². The van der Waals surface area contributed by atoms with Crippen LogP contribution in [0.25, 0.3) is 0 Å². The smallest absolute Gasteiger partial charge is 0.406 e. The number of alkyl halides is 3. The number of benzene rings is 2. The van der Waals surface area contributed by atoms with Crippen molar-refractivity contribution in [2.24, 2.45) is 0 Å². The van der Waals surface area contributed by atoms with Gasteiger partial charge in [0.15, 0.2) is 0 Å². The number of hydrogen-bond donors (Lipinski definition) is 1. The predicted octanol–water partition coefficient (Wildman–Crippen LogP) is 7.29. The number of rotatable bonds is 10. The Kier molecular flexibility index (Phi) is 9.80. The maximum atomic E-state index is 12.6. The highest BCUT2D eigenvalue weighted by Gasteiger charge is 2.31. The molecule has 2 aromatic carbocycles. The molecule has 0 radical (unpaired) electrons. The number of nitrogens with zero attached hydrogens (tertiary/aromatic N) is 2. The molecule has 1 atom stereocenters. The summed E-state index contributed by atoms with van der Waals surface area (Å²) in [5.74, 6) is -0.373. The molecule has 1 fully saturated rings. The second kappa shape index (κ2) is 13.1. The number of nitrogens with one attached hydrogen (secondary N) is 1. The number of aryl methyl sites for hydroxylation is 1. The molecule has 39 heavy (non-hydrogen) atoms. The summed E-state index contributed by atoms with van der Waals surface area (Å²) in [6.45, 7) is 7.10. The predicted molar refractivity (Wildman–Crippen MR) is 151 cm³/mol. The first kappa shape index (κ1) is 29.2. The fraction of sp³-hybridized carbons (Fsp3) is 0.414. The van der Waals surface area contributed by atoms with E-state index in [0.717, 1.165) is 43.6 Å². The van der Waals surface area contributed by atoms with E-state index >= 15 is 0 Å². The highest BCUT2D eigenvalue weighted by atomic mass is 35.5. The number of anilines is 1. The van der Waals surface area contributed by atoms with Crippen LogP contribution < -0.4 is 15.0 Å². The quantitative estimate of drug-likeness (QED) is 0.274. The van der Waals surface area contributed by atoms with Gasteiger partial charge in [0.05, 0.1) is 10.6 Å². The number of amides is 1. The monoisotopic (exact) mass is 579 g/mol. The van der Waals surface area contributed by atoms with Crippen LogP contribution >= 0.6 is 22.9 Å². The number of piperidine rings is 1. The Morgan fingerprint density at radius 2 is 1.90 bits per heavy atom. The van der Waals surface area contributed by atoms with Crippen LogP contribution in [-0.4, -0.2) is 48.9 Å². The summed E-state index contributed by atoms with van der Waals surface area (Å²) in [4.78, 5) is 17.4. The number of hydrogen-bond acceptors (Lipinski definition) is 5. The Morgan fingerprint density at radius 1 is 1.18 bits per heavy atom. The summed E-state index contributed by atoms with van der Waals surface area (Å²) in [6, 6.07) is 14.2. The third kappa shape index (κ3) is 8.13. The molecular formula is C29H33ClF3N3O2S. The topological polar surface area (TPSA) is 44.8 Å². The van der Waals surface area contributed by atoms with Gasteiger partial charge < -0.3 is 19.9 Å². The van der Waals surface area contributed by atoms with Crippen molar-refractivity contribution in [3.63, 3.8) is 0 Å². The van der Waals surface area contributed by atoms with Gasteiger partial charge in [-0.15, -0.1) is 13.2 Å².